The van der Waals surface area contributed by atoms with Gasteiger partial charge in [-0.05, 0) is 30.0 Å². The summed E-state index contributed by atoms with van der Waals surface area (Å²) in [4.78, 5) is 16.4. The van der Waals surface area contributed by atoms with Crippen molar-refractivity contribution in [2.24, 2.45) is 0 Å². The van der Waals surface area contributed by atoms with Gasteiger partial charge in [0, 0.05) is 6.20 Å². The van der Waals surface area contributed by atoms with Gasteiger partial charge in [-0.15, -0.1) is 0 Å². The van der Waals surface area contributed by atoms with E-state index >= 15 is 0 Å². The minimum atomic E-state index is -4.43. The first-order valence-corrected chi connectivity index (χ1v) is 8.20. The Hall–Kier alpha value is -3.09. The van der Waals surface area contributed by atoms with Crippen molar-refractivity contribution in [3.8, 4) is 0 Å². The highest BCUT2D eigenvalue weighted by Crippen LogP contribution is 2.28. The Labute approximate surface area is 154 Å². The number of carbonyl (C=O) groups is 1. The molecule has 0 amide bonds. The largest absolute Gasteiger partial charge is 0.521 e. The Morgan fingerprint density at radius 3 is 2.04 bits per heavy atom. The summed E-state index contributed by atoms with van der Waals surface area (Å²) in [5, 5.41) is 0. The maximum Gasteiger partial charge on any atom is 0.429 e. The fourth-order valence-electron chi connectivity index (χ4n) is 2.57. The minimum absolute atomic E-state index is 0.126. The van der Waals surface area contributed by atoms with Crippen LogP contribution in [0.15, 0.2) is 72.9 Å². The smallest absolute Gasteiger partial charge is 0.429 e. The van der Waals surface area contributed by atoms with Crippen molar-refractivity contribution in [3.63, 3.8) is 0 Å². The van der Waals surface area contributed by atoms with E-state index in [0.29, 0.717) is 10.9 Å². The lowest BCUT2D eigenvalue weighted by atomic mass is 9.55. The SMILES string of the molecule is Cc1ccc(B(OC(=O)c2ccccn2)c2ccc(C(F)(F)F)cc2)cc1. The van der Waals surface area contributed by atoms with Crippen LogP contribution in [0, 0.1) is 6.92 Å². The van der Waals surface area contributed by atoms with Crippen molar-refractivity contribution in [1.29, 1.82) is 0 Å². The minimum Gasteiger partial charge on any atom is -0.521 e. The molecule has 27 heavy (non-hydrogen) atoms. The third-order valence-corrected chi connectivity index (χ3v) is 4.02. The van der Waals surface area contributed by atoms with Crippen LogP contribution in [-0.2, 0) is 10.8 Å². The fourth-order valence-corrected chi connectivity index (χ4v) is 2.57. The Morgan fingerprint density at radius 1 is 0.926 bits per heavy atom. The van der Waals surface area contributed by atoms with Crippen LogP contribution in [0.4, 0.5) is 13.2 Å². The van der Waals surface area contributed by atoms with Crippen molar-refractivity contribution in [3.05, 3.63) is 89.7 Å². The molecule has 1 aromatic heterocycles. The number of nitrogens with zero attached hydrogens (tertiary/aromatic N) is 1. The second-order valence-electron chi connectivity index (χ2n) is 6.03. The van der Waals surface area contributed by atoms with E-state index in [2.05, 4.69) is 4.98 Å². The van der Waals surface area contributed by atoms with Gasteiger partial charge in [0.05, 0.1) is 5.56 Å². The van der Waals surface area contributed by atoms with E-state index in [4.69, 9.17) is 4.65 Å². The van der Waals surface area contributed by atoms with E-state index < -0.39 is 24.6 Å². The summed E-state index contributed by atoms with van der Waals surface area (Å²) in [6.07, 6.45) is -2.96. The molecule has 0 aliphatic rings. The van der Waals surface area contributed by atoms with E-state index in [9.17, 15) is 18.0 Å². The summed E-state index contributed by atoms with van der Waals surface area (Å²) >= 11 is 0. The van der Waals surface area contributed by atoms with Crippen molar-refractivity contribution in [2.45, 2.75) is 13.1 Å². The molecule has 0 atom stereocenters. The lowest BCUT2D eigenvalue weighted by Gasteiger charge is -2.16. The Bertz CT molecular complexity index is 911. The van der Waals surface area contributed by atoms with Gasteiger partial charge in [-0.2, -0.15) is 13.2 Å². The third-order valence-electron chi connectivity index (χ3n) is 4.02. The van der Waals surface area contributed by atoms with Crippen LogP contribution in [0.1, 0.15) is 21.6 Å². The number of hydrogen-bond donors (Lipinski definition) is 0. The van der Waals surface area contributed by atoms with Crippen LogP contribution in [0.2, 0.25) is 0 Å². The zero-order valence-corrected chi connectivity index (χ0v) is 14.4. The highest BCUT2D eigenvalue weighted by Gasteiger charge is 2.32. The molecule has 2 aromatic carbocycles. The molecule has 1 heterocycles. The van der Waals surface area contributed by atoms with E-state index in [1.807, 2.05) is 19.1 Å². The number of pyridine rings is 1. The zero-order chi connectivity index (χ0) is 19.4. The van der Waals surface area contributed by atoms with Gasteiger partial charge in [-0.25, -0.2) is 9.78 Å². The molecule has 3 rings (SSSR count). The topological polar surface area (TPSA) is 39.2 Å². The molecule has 0 N–H and O–H groups in total. The van der Waals surface area contributed by atoms with Crippen molar-refractivity contribution >= 4 is 23.8 Å². The second-order valence-corrected chi connectivity index (χ2v) is 6.03. The molecule has 0 bridgehead atoms. The molecule has 0 saturated carbocycles. The van der Waals surface area contributed by atoms with Crippen LogP contribution in [0.5, 0.6) is 0 Å². The maximum absolute atomic E-state index is 12.8. The number of halogens is 3. The Morgan fingerprint density at radius 2 is 1.52 bits per heavy atom. The van der Waals surface area contributed by atoms with E-state index in [-0.39, 0.29) is 5.69 Å². The maximum atomic E-state index is 12.8. The number of carbonyl (C=O) groups excluding carboxylic acids is 1. The van der Waals surface area contributed by atoms with Crippen LogP contribution >= 0.6 is 0 Å². The van der Waals surface area contributed by atoms with Gasteiger partial charge in [0.15, 0.2) is 0 Å². The van der Waals surface area contributed by atoms with Gasteiger partial charge in [0.1, 0.15) is 5.69 Å². The zero-order valence-electron chi connectivity index (χ0n) is 14.4. The van der Waals surface area contributed by atoms with E-state index in [1.165, 1.54) is 24.4 Å². The molecule has 0 saturated heterocycles. The van der Waals surface area contributed by atoms with E-state index in [1.54, 1.807) is 24.3 Å². The monoisotopic (exact) mass is 369 g/mol. The number of hydrogen-bond acceptors (Lipinski definition) is 3. The number of rotatable bonds is 4. The summed E-state index contributed by atoms with van der Waals surface area (Å²) in [6.45, 7) is 1.07. The van der Waals surface area contributed by atoms with Gasteiger partial charge in [0.25, 0.3) is 0 Å². The normalized spacial score (nSPS) is 11.1. The predicted octanol–water partition coefficient (Wildman–Crippen LogP) is 3.37. The second kappa shape index (κ2) is 7.66. The molecule has 0 aliphatic heterocycles. The van der Waals surface area contributed by atoms with Crippen LogP contribution in [0.25, 0.3) is 0 Å². The number of aryl methyl sites for hydroxylation is 1. The lowest BCUT2D eigenvalue weighted by Crippen LogP contribution is -2.46. The highest BCUT2D eigenvalue weighted by molar-refractivity contribution is 6.81. The summed E-state index contributed by atoms with van der Waals surface area (Å²) in [6, 6.07) is 16.7. The van der Waals surface area contributed by atoms with Gasteiger partial charge in [-0.3, -0.25) is 0 Å². The van der Waals surface area contributed by atoms with Crippen LogP contribution in [0.3, 0.4) is 0 Å². The molecule has 7 heteroatoms. The first kappa shape index (κ1) is 18.7. The Kier molecular flexibility index (Phi) is 5.30. The molecule has 3 nitrogen and oxygen atoms in total. The molecular weight excluding hydrogens is 354 g/mol. The lowest BCUT2D eigenvalue weighted by molar-refractivity contribution is -0.137. The van der Waals surface area contributed by atoms with Gasteiger partial charge >= 0.3 is 19.1 Å². The summed E-state index contributed by atoms with van der Waals surface area (Å²) in [7, 11) is 0. The molecule has 0 radical (unpaired) electrons. The van der Waals surface area contributed by atoms with Crippen LogP contribution in [-0.4, -0.2) is 17.9 Å². The average Bonchev–Trinajstić information content (AvgIpc) is 2.67. The molecule has 3 aromatic rings. The molecule has 0 aliphatic carbocycles. The number of aromatic nitrogens is 1. The fraction of sp³-hybridized carbons (Fsp3) is 0.100. The molecular formula is C20H15BF3NO2. The van der Waals surface area contributed by atoms with Crippen LogP contribution < -0.4 is 10.9 Å². The highest BCUT2D eigenvalue weighted by atomic mass is 19.4. The standard InChI is InChI=1S/C20H15BF3NO2/c1-14-5-9-16(10-6-14)21(27-19(26)18-4-2-3-13-25-18)17-11-7-15(8-12-17)20(22,23)24/h2-13H,1H3. The third kappa shape index (κ3) is 4.55. The molecule has 0 fully saturated rings. The first-order valence-electron chi connectivity index (χ1n) is 8.20. The molecule has 0 unspecified atom stereocenters. The molecule has 136 valence electrons. The van der Waals surface area contributed by atoms with Crippen molar-refractivity contribution < 1.29 is 22.6 Å². The van der Waals surface area contributed by atoms with Gasteiger partial charge in [0.2, 0.25) is 0 Å². The summed E-state index contributed by atoms with van der Waals surface area (Å²) in [5.41, 5.74) is 1.48. The van der Waals surface area contributed by atoms with Gasteiger partial charge in [-0.1, -0.05) is 60.2 Å². The van der Waals surface area contributed by atoms with Crippen molar-refractivity contribution in [1.82, 2.24) is 4.98 Å². The van der Waals surface area contributed by atoms with E-state index in [0.717, 1.165) is 17.7 Å². The molecule has 0 spiro atoms. The quantitative estimate of drug-likeness (QED) is 0.662. The van der Waals surface area contributed by atoms with Crippen molar-refractivity contribution in [2.75, 3.05) is 0 Å². The predicted molar refractivity (Wildman–Crippen MR) is 97.3 cm³/mol. The summed E-state index contributed by atoms with van der Waals surface area (Å²) < 4.78 is 44.1. The average molecular weight is 369 g/mol. The number of alkyl halides is 3. The summed E-state index contributed by atoms with van der Waals surface area (Å²) in [5.74, 6) is -0.652. The Balaban J connectivity index is 1.95. The first-order chi connectivity index (χ1) is 12.8. The van der Waals surface area contributed by atoms with Gasteiger partial charge < -0.3 is 4.65 Å². The number of benzene rings is 2.